The van der Waals surface area contributed by atoms with Crippen molar-refractivity contribution in [3.8, 4) is 5.75 Å². The first-order valence-corrected chi connectivity index (χ1v) is 13.3. The number of nitrogens with zero attached hydrogens (tertiary/aromatic N) is 2. The van der Waals surface area contributed by atoms with Crippen LogP contribution in [-0.2, 0) is 19.1 Å². The summed E-state index contributed by atoms with van der Waals surface area (Å²) >= 11 is 10.3. The molecule has 0 radical (unpaired) electrons. The van der Waals surface area contributed by atoms with Gasteiger partial charge < -0.3 is 19.7 Å². The van der Waals surface area contributed by atoms with Gasteiger partial charge in [-0.25, -0.2) is 0 Å². The third-order valence-electron chi connectivity index (χ3n) is 5.60. The maximum absolute atomic E-state index is 12.9. The van der Waals surface area contributed by atoms with Crippen LogP contribution in [0.4, 0.5) is 10.5 Å². The normalized spacial score (nSPS) is 16.9. The molecule has 1 N–H and O–H groups in total. The van der Waals surface area contributed by atoms with E-state index in [2.05, 4.69) is 21.2 Å². The second-order valence-electron chi connectivity index (χ2n) is 8.24. The SMILES string of the molecule is Cc1ccc(NC(=O)COc2ccc(Br)cc2/C=C2\SC(=O)N(CC(=O)N3CCOCC3)C2=O)cc1Cl. The molecule has 194 valence electrons. The zero-order chi connectivity index (χ0) is 26.5. The maximum atomic E-state index is 12.9. The van der Waals surface area contributed by atoms with Gasteiger partial charge in [-0.1, -0.05) is 33.6 Å². The molecule has 37 heavy (non-hydrogen) atoms. The Balaban J connectivity index is 1.43. The van der Waals surface area contributed by atoms with Gasteiger partial charge in [0.15, 0.2) is 6.61 Å². The number of nitrogens with one attached hydrogen (secondary N) is 1. The van der Waals surface area contributed by atoms with Crippen molar-refractivity contribution in [2.75, 3.05) is 44.8 Å². The molecule has 2 aliphatic heterocycles. The third kappa shape index (κ3) is 6.92. The van der Waals surface area contributed by atoms with Crippen molar-refractivity contribution in [3.05, 3.63) is 61.9 Å². The molecule has 4 amide bonds. The molecule has 2 aliphatic rings. The number of hydrogen-bond acceptors (Lipinski definition) is 7. The van der Waals surface area contributed by atoms with Gasteiger partial charge in [0.1, 0.15) is 12.3 Å². The summed E-state index contributed by atoms with van der Waals surface area (Å²) in [5.41, 5.74) is 1.93. The highest BCUT2D eigenvalue weighted by Crippen LogP contribution is 2.35. The molecule has 2 saturated heterocycles. The molecular weight excluding hydrogens is 586 g/mol. The Morgan fingerprint density at radius 2 is 1.95 bits per heavy atom. The molecule has 12 heteroatoms. The molecule has 0 bridgehead atoms. The lowest BCUT2D eigenvalue weighted by Crippen LogP contribution is -2.46. The highest BCUT2D eigenvalue weighted by atomic mass is 79.9. The number of rotatable bonds is 7. The Bertz CT molecular complexity index is 1280. The molecule has 2 aromatic carbocycles. The zero-order valence-corrected chi connectivity index (χ0v) is 23.0. The first-order valence-electron chi connectivity index (χ1n) is 11.3. The number of imide groups is 1. The standard InChI is InChI=1S/C25H23BrClN3O6S/c1-15-2-4-18(12-19(15)27)28-22(31)14-36-20-5-3-17(26)10-16(20)11-21-24(33)30(25(34)37-21)13-23(32)29-6-8-35-9-7-29/h2-5,10-12H,6-9,13-14H2,1H3,(H,28,31)/b21-11-. The minimum Gasteiger partial charge on any atom is -0.483 e. The second-order valence-corrected chi connectivity index (χ2v) is 10.6. The number of benzene rings is 2. The quantitative estimate of drug-likeness (QED) is 0.467. The van der Waals surface area contributed by atoms with Gasteiger partial charge in [-0.15, -0.1) is 0 Å². The number of carbonyl (C=O) groups is 4. The molecule has 4 rings (SSSR count). The lowest BCUT2D eigenvalue weighted by molar-refractivity contribution is -0.139. The Morgan fingerprint density at radius 3 is 2.68 bits per heavy atom. The van der Waals surface area contributed by atoms with Crippen LogP contribution in [0.2, 0.25) is 5.02 Å². The lowest BCUT2D eigenvalue weighted by Gasteiger charge is -2.28. The van der Waals surface area contributed by atoms with E-state index in [1.165, 1.54) is 6.08 Å². The third-order valence-corrected chi connectivity index (χ3v) is 7.41. The van der Waals surface area contributed by atoms with Gasteiger partial charge >= 0.3 is 0 Å². The molecule has 0 saturated carbocycles. The van der Waals surface area contributed by atoms with Crippen molar-refractivity contribution in [1.29, 1.82) is 0 Å². The van der Waals surface area contributed by atoms with Crippen molar-refractivity contribution in [2.45, 2.75) is 6.92 Å². The molecule has 0 aliphatic carbocycles. The largest absolute Gasteiger partial charge is 0.483 e. The Labute approximate surface area is 231 Å². The van der Waals surface area contributed by atoms with Crippen molar-refractivity contribution in [1.82, 2.24) is 9.80 Å². The van der Waals surface area contributed by atoms with Crippen LogP contribution in [0.25, 0.3) is 6.08 Å². The van der Waals surface area contributed by atoms with Crippen molar-refractivity contribution < 1.29 is 28.7 Å². The predicted octanol–water partition coefficient (Wildman–Crippen LogP) is 4.32. The van der Waals surface area contributed by atoms with Crippen molar-refractivity contribution >= 4 is 74.0 Å². The summed E-state index contributed by atoms with van der Waals surface area (Å²) in [7, 11) is 0. The first kappa shape index (κ1) is 27.2. The van der Waals surface area contributed by atoms with Gasteiger partial charge in [-0.2, -0.15) is 0 Å². The number of hydrogen-bond donors (Lipinski definition) is 1. The molecular formula is C25H23BrClN3O6S. The van der Waals surface area contributed by atoms with Crippen LogP contribution in [-0.4, -0.2) is 72.2 Å². The van der Waals surface area contributed by atoms with Crippen LogP contribution in [0.3, 0.4) is 0 Å². The number of ether oxygens (including phenoxy) is 2. The van der Waals surface area contributed by atoms with Gasteiger partial charge in [-0.05, 0) is 60.7 Å². The van der Waals surface area contributed by atoms with Crippen molar-refractivity contribution in [2.24, 2.45) is 0 Å². The molecule has 2 heterocycles. The van der Waals surface area contributed by atoms with Crippen LogP contribution >= 0.6 is 39.3 Å². The molecule has 0 spiro atoms. The van der Waals surface area contributed by atoms with Gasteiger partial charge in [0.25, 0.3) is 17.1 Å². The molecule has 0 unspecified atom stereocenters. The summed E-state index contributed by atoms with van der Waals surface area (Å²) in [4.78, 5) is 53.1. The highest BCUT2D eigenvalue weighted by Gasteiger charge is 2.37. The smallest absolute Gasteiger partial charge is 0.294 e. The number of thioether (sulfide) groups is 1. The van der Waals surface area contributed by atoms with E-state index in [-0.39, 0.29) is 24.0 Å². The van der Waals surface area contributed by atoms with E-state index < -0.39 is 17.1 Å². The highest BCUT2D eigenvalue weighted by molar-refractivity contribution is 9.10. The maximum Gasteiger partial charge on any atom is 0.294 e. The first-order chi connectivity index (χ1) is 17.7. The zero-order valence-electron chi connectivity index (χ0n) is 19.8. The average molecular weight is 609 g/mol. The summed E-state index contributed by atoms with van der Waals surface area (Å²) in [6.45, 7) is 2.95. The van der Waals surface area contributed by atoms with E-state index >= 15 is 0 Å². The van der Waals surface area contributed by atoms with Gasteiger partial charge in [-0.3, -0.25) is 24.1 Å². The van der Waals surface area contributed by atoms with Crippen LogP contribution in [0, 0.1) is 6.92 Å². The van der Waals surface area contributed by atoms with Gasteiger partial charge in [0.2, 0.25) is 5.91 Å². The van der Waals surface area contributed by atoms with E-state index in [0.717, 1.165) is 22.2 Å². The summed E-state index contributed by atoms with van der Waals surface area (Å²) in [6.07, 6.45) is 1.52. The van der Waals surface area contributed by atoms with E-state index in [4.69, 9.17) is 21.1 Å². The monoisotopic (exact) mass is 607 g/mol. The molecule has 9 nitrogen and oxygen atoms in total. The van der Waals surface area contributed by atoms with Gasteiger partial charge in [0.05, 0.1) is 18.1 Å². The minimum atomic E-state index is -0.559. The average Bonchev–Trinajstić information content (AvgIpc) is 3.13. The summed E-state index contributed by atoms with van der Waals surface area (Å²) in [5, 5.41) is 2.74. The summed E-state index contributed by atoms with van der Waals surface area (Å²) in [5.74, 6) is -0.914. The number of morpholine rings is 1. The number of amides is 4. The van der Waals surface area contributed by atoms with E-state index in [9.17, 15) is 19.2 Å². The van der Waals surface area contributed by atoms with E-state index in [0.29, 0.717) is 52.8 Å². The van der Waals surface area contributed by atoms with Crippen LogP contribution < -0.4 is 10.1 Å². The second kappa shape index (κ2) is 12.1. The predicted molar refractivity (Wildman–Crippen MR) is 145 cm³/mol. The fourth-order valence-corrected chi connectivity index (χ4v) is 4.99. The topological polar surface area (TPSA) is 105 Å². The Hall–Kier alpha value is -2.86. The van der Waals surface area contributed by atoms with E-state index in [1.54, 1.807) is 41.3 Å². The van der Waals surface area contributed by atoms with E-state index in [1.807, 2.05) is 6.92 Å². The Morgan fingerprint density at radius 1 is 1.19 bits per heavy atom. The minimum absolute atomic E-state index is 0.154. The Kier molecular flexibility index (Phi) is 8.91. The molecule has 2 fully saturated rings. The molecule has 0 atom stereocenters. The fourth-order valence-electron chi connectivity index (χ4n) is 3.60. The van der Waals surface area contributed by atoms with Crippen LogP contribution in [0.5, 0.6) is 5.75 Å². The summed E-state index contributed by atoms with van der Waals surface area (Å²) < 4.78 is 11.7. The van der Waals surface area contributed by atoms with Gasteiger partial charge in [0, 0.05) is 33.8 Å². The molecule has 0 aromatic heterocycles. The number of aryl methyl sites for hydroxylation is 1. The fraction of sp³-hybridized carbons (Fsp3) is 0.280. The number of anilines is 1. The molecule has 2 aromatic rings. The van der Waals surface area contributed by atoms with Crippen LogP contribution in [0.1, 0.15) is 11.1 Å². The number of carbonyl (C=O) groups excluding carboxylic acids is 4. The summed E-state index contributed by atoms with van der Waals surface area (Å²) in [6, 6.07) is 10.3. The lowest BCUT2D eigenvalue weighted by atomic mass is 10.2. The van der Waals surface area contributed by atoms with Crippen LogP contribution in [0.15, 0.2) is 45.8 Å². The van der Waals surface area contributed by atoms with Crippen molar-refractivity contribution in [3.63, 3.8) is 0 Å². The number of halogens is 2.